The molecular formula is C19H23NO2. The van der Waals surface area contributed by atoms with Gasteiger partial charge in [0.1, 0.15) is 24.2 Å². The Labute approximate surface area is 132 Å². The molecule has 0 spiro atoms. The van der Waals surface area contributed by atoms with Crippen LogP contribution in [0.1, 0.15) is 23.7 Å². The van der Waals surface area contributed by atoms with Crippen molar-refractivity contribution in [1.82, 2.24) is 4.90 Å². The first-order valence-electron chi connectivity index (χ1n) is 7.84. The summed E-state index contributed by atoms with van der Waals surface area (Å²) >= 11 is 0. The Morgan fingerprint density at radius 2 is 1.95 bits per heavy atom. The maximum Gasteiger partial charge on any atom is 0.124 e. The second-order valence-electron chi connectivity index (χ2n) is 5.98. The van der Waals surface area contributed by atoms with E-state index in [-0.39, 0.29) is 6.10 Å². The molecule has 3 heteroatoms. The zero-order valence-corrected chi connectivity index (χ0v) is 13.3. The number of ether oxygens (including phenoxy) is 2. The van der Waals surface area contributed by atoms with Crippen LogP contribution in [0.5, 0.6) is 11.5 Å². The Bertz CT molecular complexity index is 610. The third-order valence-corrected chi connectivity index (χ3v) is 3.96. The molecule has 22 heavy (non-hydrogen) atoms. The van der Waals surface area contributed by atoms with Crippen LogP contribution in [-0.4, -0.2) is 32.1 Å². The molecule has 1 unspecified atom stereocenters. The van der Waals surface area contributed by atoms with E-state index in [0.29, 0.717) is 6.61 Å². The van der Waals surface area contributed by atoms with Crippen LogP contribution in [0.4, 0.5) is 0 Å². The molecule has 0 radical (unpaired) electrons. The first kappa shape index (κ1) is 14.9. The van der Waals surface area contributed by atoms with Crippen molar-refractivity contribution in [3.8, 4) is 11.5 Å². The molecule has 0 N–H and O–H groups in total. The predicted octanol–water partition coefficient (Wildman–Crippen LogP) is 3.69. The lowest BCUT2D eigenvalue weighted by Gasteiger charge is -2.27. The van der Waals surface area contributed by atoms with E-state index in [2.05, 4.69) is 35.2 Å². The van der Waals surface area contributed by atoms with E-state index >= 15 is 0 Å². The van der Waals surface area contributed by atoms with Crippen LogP contribution in [-0.2, 0) is 6.42 Å². The number of hydrogen-bond acceptors (Lipinski definition) is 3. The van der Waals surface area contributed by atoms with Gasteiger partial charge in [-0.2, -0.15) is 0 Å². The van der Waals surface area contributed by atoms with Crippen LogP contribution in [0.15, 0.2) is 48.5 Å². The molecule has 0 amide bonds. The molecule has 0 aromatic heterocycles. The number of benzene rings is 2. The fraction of sp³-hybridized carbons (Fsp3) is 0.368. The van der Waals surface area contributed by atoms with Gasteiger partial charge in [0.2, 0.25) is 0 Å². The Morgan fingerprint density at radius 1 is 1.14 bits per heavy atom. The van der Waals surface area contributed by atoms with Crippen molar-refractivity contribution in [3.05, 3.63) is 59.7 Å². The summed E-state index contributed by atoms with van der Waals surface area (Å²) in [6, 6.07) is 16.6. The summed E-state index contributed by atoms with van der Waals surface area (Å²) in [5, 5.41) is 0. The van der Waals surface area contributed by atoms with Gasteiger partial charge in [-0.15, -0.1) is 0 Å². The highest BCUT2D eigenvalue weighted by Gasteiger charge is 2.21. The van der Waals surface area contributed by atoms with Crippen molar-refractivity contribution >= 4 is 0 Å². The maximum absolute atomic E-state index is 6.15. The minimum atomic E-state index is 0.161. The Hall–Kier alpha value is -2.00. The van der Waals surface area contributed by atoms with Gasteiger partial charge in [-0.3, -0.25) is 0 Å². The Morgan fingerprint density at radius 3 is 2.73 bits per heavy atom. The van der Waals surface area contributed by atoms with E-state index in [1.165, 1.54) is 11.1 Å². The van der Waals surface area contributed by atoms with Gasteiger partial charge in [-0.1, -0.05) is 30.3 Å². The molecule has 0 saturated carbocycles. The monoisotopic (exact) mass is 297 g/mol. The predicted molar refractivity (Wildman–Crippen MR) is 88.6 cm³/mol. The zero-order chi connectivity index (χ0) is 15.4. The summed E-state index contributed by atoms with van der Waals surface area (Å²) in [6.07, 6.45) is 2.20. The zero-order valence-electron chi connectivity index (χ0n) is 13.3. The minimum absolute atomic E-state index is 0.161. The molecule has 2 aromatic rings. The minimum Gasteiger partial charge on any atom is -0.492 e. The standard InChI is InChI=1S/C19H23NO2/c1-20(2)12-13-21-17-9-11-19-16(14-17)8-10-18(22-19)15-6-4-3-5-7-15/h3-7,9,11,14,18H,8,10,12-13H2,1-2H3. The number of rotatable bonds is 5. The van der Waals surface area contributed by atoms with Crippen LogP contribution < -0.4 is 9.47 Å². The molecule has 1 heterocycles. The Kier molecular flexibility index (Phi) is 4.64. The van der Waals surface area contributed by atoms with Crippen molar-refractivity contribution in [1.29, 1.82) is 0 Å². The molecule has 1 atom stereocenters. The molecule has 1 aliphatic heterocycles. The second-order valence-corrected chi connectivity index (χ2v) is 5.98. The van der Waals surface area contributed by atoms with E-state index in [1.807, 2.05) is 32.3 Å². The van der Waals surface area contributed by atoms with Crippen LogP contribution in [0.3, 0.4) is 0 Å². The summed E-state index contributed by atoms with van der Waals surface area (Å²) in [4.78, 5) is 2.12. The third-order valence-electron chi connectivity index (χ3n) is 3.96. The van der Waals surface area contributed by atoms with Gasteiger partial charge in [-0.05, 0) is 56.3 Å². The highest BCUT2D eigenvalue weighted by molar-refractivity contribution is 5.42. The lowest BCUT2D eigenvalue weighted by molar-refractivity contribution is 0.176. The fourth-order valence-electron chi connectivity index (χ4n) is 2.70. The molecule has 1 aliphatic rings. The summed E-state index contributed by atoms with van der Waals surface area (Å²) < 4.78 is 11.9. The second kappa shape index (κ2) is 6.84. The molecule has 3 rings (SSSR count). The molecule has 2 aromatic carbocycles. The van der Waals surface area contributed by atoms with Gasteiger partial charge in [0.15, 0.2) is 0 Å². The first-order valence-corrected chi connectivity index (χ1v) is 7.84. The quantitative estimate of drug-likeness (QED) is 0.840. The van der Waals surface area contributed by atoms with E-state index in [0.717, 1.165) is 30.9 Å². The average molecular weight is 297 g/mol. The third kappa shape index (κ3) is 3.60. The fourth-order valence-corrected chi connectivity index (χ4v) is 2.70. The van der Waals surface area contributed by atoms with E-state index in [9.17, 15) is 0 Å². The number of fused-ring (bicyclic) bond motifs is 1. The normalized spacial score (nSPS) is 17.0. The van der Waals surface area contributed by atoms with Crippen molar-refractivity contribution < 1.29 is 9.47 Å². The van der Waals surface area contributed by atoms with Gasteiger partial charge in [-0.25, -0.2) is 0 Å². The topological polar surface area (TPSA) is 21.7 Å². The molecule has 0 fully saturated rings. The van der Waals surface area contributed by atoms with Crippen molar-refractivity contribution in [3.63, 3.8) is 0 Å². The summed E-state index contributed by atoms with van der Waals surface area (Å²) in [7, 11) is 4.10. The largest absolute Gasteiger partial charge is 0.492 e. The molecule has 0 saturated heterocycles. The summed E-state index contributed by atoms with van der Waals surface area (Å²) in [6.45, 7) is 1.63. The van der Waals surface area contributed by atoms with Crippen molar-refractivity contribution in [2.24, 2.45) is 0 Å². The van der Waals surface area contributed by atoms with E-state index < -0.39 is 0 Å². The maximum atomic E-state index is 6.15. The van der Waals surface area contributed by atoms with Gasteiger partial charge in [0.05, 0.1) is 0 Å². The van der Waals surface area contributed by atoms with Gasteiger partial charge in [0, 0.05) is 6.54 Å². The lowest BCUT2D eigenvalue weighted by Crippen LogP contribution is -2.19. The van der Waals surface area contributed by atoms with Crippen LogP contribution in [0.2, 0.25) is 0 Å². The number of nitrogens with zero attached hydrogens (tertiary/aromatic N) is 1. The highest BCUT2D eigenvalue weighted by atomic mass is 16.5. The Balaban J connectivity index is 1.66. The van der Waals surface area contributed by atoms with Crippen molar-refractivity contribution in [2.75, 3.05) is 27.2 Å². The van der Waals surface area contributed by atoms with E-state index in [1.54, 1.807) is 0 Å². The highest BCUT2D eigenvalue weighted by Crippen LogP contribution is 2.36. The number of hydrogen-bond donors (Lipinski definition) is 0. The molecule has 116 valence electrons. The lowest BCUT2D eigenvalue weighted by atomic mass is 9.97. The first-order chi connectivity index (χ1) is 10.7. The smallest absolute Gasteiger partial charge is 0.124 e. The SMILES string of the molecule is CN(C)CCOc1ccc2c(c1)CCC(c1ccccc1)O2. The molecule has 0 bridgehead atoms. The molecular weight excluding hydrogens is 274 g/mol. The number of aryl methyl sites for hydroxylation is 1. The molecule has 0 aliphatic carbocycles. The van der Waals surface area contributed by atoms with Crippen LogP contribution in [0, 0.1) is 0 Å². The van der Waals surface area contributed by atoms with Crippen molar-refractivity contribution in [2.45, 2.75) is 18.9 Å². The number of likely N-dealkylation sites (N-methyl/N-ethyl adjacent to an activating group) is 1. The van der Waals surface area contributed by atoms with Gasteiger partial charge < -0.3 is 14.4 Å². The summed E-state index contributed by atoms with van der Waals surface area (Å²) in [5.74, 6) is 1.92. The van der Waals surface area contributed by atoms with Crippen LogP contribution >= 0.6 is 0 Å². The van der Waals surface area contributed by atoms with Crippen LogP contribution in [0.25, 0.3) is 0 Å². The van der Waals surface area contributed by atoms with E-state index in [4.69, 9.17) is 9.47 Å². The van der Waals surface area contributed by atoms with Gasteiger partial charge in [0.25, 0.3) is 0 Å². The molecule has 3 nitrogen and oxygen atoms in total. The summed E-state index contributed by atoms with van der Waals surface area (Å²) in [5.41, 5.74) is 2.49. The van der Waals surface area contributed by atoms with Gasteiger partial charge >= 0.3 is 0 Å². The average Bonchev–Trinajstić information content (AvgIpc) is 2.55.